The highest BCUT2D eigenvalue weighted by Gasteiger charge is 2.25. The zero-order valence-corrected chi connectivity index (χ0v) is 9.18. The van der Waals surface area contributed by atoms with Crippen LogP contribution < -0.4 is 0 Å². The molecule has 1 unspecified atom stereocenters. The molecule has 0 aliphatic carbocycles. The fraction of sp³-hybridized carbons (Fsp3) is 1.00. The number of nitrogens with zero attached hydrogens (tertiary/aromatic N) is 1. The summed E-state index contributed by atoms with van der Waals surface area (Å²) in [6.07, 6.45) is 3.22. The third-order valence-corrected chi connectivity index (χ3v) is 4.03. The largest absolute Gasteiger partial charge is 0.376 e. The number of hydrogen-bond acceptors (Lipinski definition) is 3. The Balaban J connectivity index is 1.83. The van der Waals surface area contributed by atoms with E-state index in [2.05, 4.69) is 23.6 Å². The van der Waals surface area contributed by atoms with E-state index >= 15 is 0 Å². The summed E-state index contributed by atoms with van der Waals surface area (Å²) in [5.74, 6) is 2.72. The summed E-state index contributed by atoms with van der Waals surface area (Å²) in [6, 6.07) is 0.854. The van der Waals surface area contributed by atoms with E-state index in [1.165, 1.54) is 24.3 Å². The molecule has 0 aromatic rings. The maximum absolute atomic E-state index is 5.55. The van der Waals surface area contributed by atoms with Crippen molar-refractivity contribution in [1.29, 1.82) is 0 Å². The number of hydrogen-bond donors (Lipinski definition) is 0. The van der Waals surface area contributed by atoms with Crippen molar-refractivity contribution in [3.8, 4) is 0 Å². The molecule has 2 rings (SSSR count). The minimum Gasteiger partial charge on any atom is -0.376 e. The molecule has 76 valence electrons. The summed E-state index contributed by atoms with van der Waals surface area (Å²) in [6.45, 7) is 5.42. The van der Waals surface area contributed by atoms with Crippen molar-refractivity contribution in [3.63, 3.8) is 0 Å². The molecule has 0 N–H and O–H groups in total. The fourth-order valence-corrected chi connectivity index (χ4v) is 3.31. The molecule has 3 heteroatoms. The predicted octanol–water partition coefficient (Wildman–Crippen LogP) is 1.60. The minimum atomic E-state index is 0.448. The van der Waals surface area contributed by atoms with Gasteiger partial charge in [0.1, 0.15) is 0 Å². The lowest BCUT2D eigenvalue weighted by molar-refractivity contribution is -0.0351. The molecule has 13 heavy (non-hydrogen) atoms. The van der Waals surface area contributed by atoms with Gasteiger partial charge in [-0.25, -0.2) is 0 Å². The highest BCUT2D eigenvalue weighted by Crippen LogP contribution is 2.23. The summed E-state index contributed by atoms with van der Waals surface area (Å²) in [5.41, 5.74) is 0. The van der Waals surface area contributed by atoms with E-state index in [0.29, 0.717) is 6.10 Å². The topological polar surface area (TPSA) is 12.5 Å². The van der Waals surface area contributed by atoms with E-state index < -0.39 is 0 Å². The standard InChI is InChI=1S/C10H19NOS/c1-9-8-11(4-5-12-9)10-2-6-13-7-3-10/h9-10H,2-8H2,1H3. The molecule has 0 radical (unpaired) electrons. The number of morpholine rings is 1. The SMILES string of the molecule is CC1CN(C2CCSCC2)CCO1. The molecule has 0 aromatic heterocycles. The van der Waals surface area contributed by atoms with E-state index in [0.717, 1.165) is 25.7 Å². The lowest BCUT2D eigenvalue weighted by atomic mass is 10.1. The second kappa shape index (κ2) is 4.67. The molecule has 0 aromatic carbocycles. The summed E-state index contributed by atoms with van der Waals surface area (Å²) in [5, 5.41) is 0. The minimum absolute atomic E-state index is 0.448. The maximum atomic E-state index is 5.55. The summed E-state index contributed by atoms with van der Waals surface area (Å²) >= 11 is 2.11. The molecular weight excluding hydrogens is 182 g/mol. The van der Waals surface area contributed by atoms with E-state index in [-0.39, 0.29) is 0 Å². The number of thioether (sulfide) groups is 1. The van der Waals surface area contributed by atoms with E-state index in [1.54, 1.807) is 0 Å². The predicted molar refractivity (Wildman–Crippen MR) is 57.3 cm³/mol. The van der Waals surface area contributed by atoms with Gasteiger partial charge in [0, 0.05) is 19.1 Å². The molecule has 2 saturated heterocycles. The Kier molecular flexibility index (Phi) is 3.52. The van der Waals surface area contributed by atoms with Gasteiger partial charge in [-0.2, -0.15) is 11.8 Å². The Morgan fingerprint density at radius 3 is 2.77 bits per heavy atom. The van der Waals surface area contributed by atoms with E-state index in [4.69, 9.17) is 4.74 Å². The first-order valence-electron chi connectivity index (χ1n) is 5.29. The second-order valence-electron chi connectivity index (χ2n) is 4.02. The van der Waals surface area contributed by atoms with Gasteiger partial charge in [-0.15, -0.1) is 0 Å². The van der Waals surface area contributed by atoms with E-state index in [9.17, 15) is 0 Å². The van der Waals surface area contributed by atoms with Crippen molar-refractivity contribution < 1.29 is 4.74 Å². The van der Waals surface area contributed by atoms with Crippen LogP contribution in [0.25, 0.3) is 0 Å². The molecule has 0 spiro atoms. The van der Waals surface area contributed by atoms with Gasteiger partial charge in [0.05, 0.1) is 12.7 Å². The van der Waals surface area contributed by atoms with Crippen LogP contribution in [0.1, 0.15) is 19.8 Å². The molecule has 2 nitrogen and oxygen atoms in total. The van der Waals surface area contributed by atoms with Gasteiger partial charge in [-0.3, -0.25) is 4.90 Å². The third-order valence-electron chi connectivity index (χ3n) is 2.98. The van der Waals surface area contributed by atoms with Gasteiger partial charge in [-0.1, -0.05) is 0 Å². The smallest absolute Gasteiger partial charge is 0.0674 e. The lowest BCUT2D eigenvalue weighted by Gasteiger charge is -2.38. The molecule has 0 bridgehead atoms. The van der Waals surface area contributed by atoms with Crippen LogP contribution >= 0.6 is 11.8 Å². The highest BCUT2D eigenvalue weighted by atomic mass is 32.2. The Morgan fingerprint density at radius 2 is 2.08 bits per heavy atom. The first-order valence-corrected chi connectivity index (χ1v) is 6.45. The van der Waals surface area contributed by atoms with Gasteiger partial charge in [0.25, 0.3) is 0 Å². The first kappa shape index (κ1) is 9.81. The average Bonchev–Trinajstić information content (AvgIpc) is 2.19. The monoisotopic (exact) mass is 201 g/mol. The van der Waals surface area contributed by atoms with E-state index in [1.807, 2.05) is 0 Å². The maximum Gasteiger partial charge on any atom is 0.0674 e. The molecule has 2 heterocycles. The first-order chi connectivity index (χ1) is 6.36. The lowest BCUT2D eigenvalue weighted by Crippen LogP contribution is -2.47. The molecule has 2 aliphatic heterocycles. The van der Waals surface area contributed by atoms with Crippen molar-refractivity contribution in [2.24, 2.45) is 0 Å². The van der Waals surface area contributed by atoms with Crippen LogP contribution in [0.2, 0.25) is 0 Å². The third kappa shape index (κ3) is 2.61. The molecule has 1 atom stereocenters. The van der Waals surface area contributed by atoms with Crippen molar-refractivity contribution in [1.82, 2.24) is 4.90 Å². The second-order valence-corrected chi connectivity index (χ2v) is 5.24. The molecule has 2 aliphatic rings. The van der Waals surface area contributed by atoms with Gasteiger partial charge < -0.3 is 4.74 Å². The summed E-state index contributed by atoms with van der Waals surface area (Å²) in [7, 11) is 0. The zero-order valence-electron chi connectivity index (χ0n) is 8.37. The van der Waals surface area contributed by atoms with Crippen LogP contribution in [-0.4, -0.2) is 48.2 Å². The zero-order chi connectivity index (χ0) is 9.10. The summed E-state index contributed by atoms with van der Waals surface area (Å²) in [4.78, 5) is 2.63. The molecular formula is C10H19NOS. The molecule has 0 amide bonds. The van der Waals surface area contributed by atoms with Crippen LogP contribution in [-0.2, 0) is 4.74 Å². The normalized spacial score (nSPS) is 33.5. The van der Waals surface area contributed by atoms with Gasteiger partial charge in [0.2, 0.25) is 0 Å². The van der Waals surface area contributed by atoms with Crippen LogP contribution in [0, 0.1) is 0 Å². The molecule has 0 saturated carbocycles. The Hall–Kier alpha value is 0.270. The number of ether oxygens (including phenoxy) is 1. The Labute approximate surface area is 85.0 Å². The van der Waals surface area contributed by atoms with Gasteiger partial charge >= 0.3 is 0 Å². The average molecular weight is 201 g/mol. The highest BCUT2D eigenvalue weighted by molar-refractivity contribution is 7.99. The van der Waals surface area contributed by atoms with Crippen molar-refractivity contribution in [2.45, 2.75) is 31.9 Å². The van der Waals surface area contributed by atoms with Gasteiger partial charge in [0.15, 0.2) is 0 Å². The fourth-order valence-electron chi connectivity index (χ4n) is 2.23. The van der Waals surface area contributed by atoms with Crippen molar-refractivity contribution >= 4 is 11.8 Å². The quantitative estimate of drug-likeness (QED) is 0.639. The van der Waals surface area contributed by atoms with Crippen molar-refractivity contribution in [3.05, 3.63) is 0 Å². The van der Waals surface area contributed by atoms with Crippen LogP contribution in [0.3, 0.4) is 0 Å². The van der Waals surface area contributed by atoms with Gasteiger partial charge in [-0.05, 0) is 31.3 Å². The number of rotatable bonds is 1. The molecule has 2 fully saturated rings. The van der Waals surface area contributed by atoms with Crippen LogP contribution in [0.4, 0.5) is 0 Å². The Bertz CT molecular complexity index is 159. The van der Waals surface area contributed by atoms with Crippen molar-refractivity contribution in [2.75, 3.05) is 31.2 Å². The summed E-state index contributed by atoms with van der Waals surface area (Å²) < 4.78 is 5.55. The Morgan fingerprint density at radius 1 is 1.31 bits per heavy atom. The van der Waals surface area contributed by atoms with Crippen LogP contribution in [0.5, 0.6) is 0 Å². The van der Waals surface area contributed by atoms with Crippen LogP contribution in [0.15, 0.2) is 0 Å².